The van der Waals surface area contributed by atoms with Gasteiger partial charge in [0.25, 0.3) is 6.43 Å². The van der Waals surface area contributed by atoms with Gasteiger partial charge in [-0.15, -0.1) is 0 Å². The van der Waals surface area contributed by atoms with E-state index in [-0.39, 0.29) is 5.56 Å². The summed E-state index contributed by atoms with van der Waals surface area (Å²) in [6.07, 6.45) is -2.41. The average molecular weight is 289 g/mol. The molecule has 3 heteroatoms. The molecule has 2 aromatic carbocycles. The molecule has 21 heavy (non-hydrogen) atoms. The molecule has 0 saturated carbocycles. The van der Waals surface area contributed by atoms with E-state index < -0.39 is 6.43 Å². The zero-order valence-electron chi connectivity index (χ0n) is 12.4. The highest BCUT2D eigenvalue weighted by atomic mass is 19.3. The molecule has 0 radical (unpaired) electrons. The summed E-state index contributed by atoms with van der Waals surface area (Å²) in [5.41, 5.74) is 3.48. The average Bonchev–Trinajstić information content (AvgIpc) is 2.48. The van der Waals surface area contributed by atoms with Gasteiger partial charge in [0, 0.05) is 18.7 Å². The Balaban J connectivity index is 1.88. The van der Waals surface area contributed by atoms with Crippen LogP contribution in [0.3, 0.4) is 0 Å². The summed E-state index contributed by atoms with van der Waals surface area (Å²) in [5, 5.41) is 3.29. The van der Waals surface area contributed by atoms with Crippen molar-refractivity contribution in [1.82, 2.24) is 5.32 Å². The summed E-state index contributed by atoms with van der Waals surface area (Å²) in [6, 6.07) is 15.0. The lowest BCUT2D eigenvalue weighted by molar-refractivity contribution is 0.151. The lowest BCUT2D eigenvalue weighted by Crippen LogP contribution is -2.12. The molecule has 0 unspecified atom stereocenters. The second-order valence-electron chi connectivity index (χ2n) is 5.55. The Morgan fingerprint density at radius 2 is 1.52 bits per heavy atom. The van der Waals surface area contributed by atoms with Crippen molar-refractivity contribution in [3.63, 3.8) is 0 Å². The van der Waals surface area contributed by atoms with Gasteiger partial charge < -0.3 is 5.32 Å². The number of halogens is 2. The van der Waals surface area contributed by atoms with E-state index in [1.54, 1.807) is 12.1 Å². The van der Waals surface area contributed by atoms with Gasteiger partial charge in [-0.2, -0.15) is 0 Å². The van der Waals surface area contributed by atoms with Gasteiger partial charge in [-0.3, -0.25) is 0 Å². The number of alkyl halides is 2. The molecular weight excluding hydrogens is 268 g/mol. The van der Waals surface area contributed by atoms with Crippen LogP contribution in [0.15, 0.2) is 48.5 Å². The zero-order chi connectivity index (χ0) is 15.2. The van der Waals surface area contributed by atoms with Gasteiger partial charge >= 0.3 is 0 Å². The van der Waals surface area contributed by atoms with Crippen LogP contribution in [0.25, 0.3) is 0 Å². The van der Waals surface area contributed by atoms with Crippen LogP contribution >= 0.6 is 0 Å². The van der Waals surface area contributed by atoms with Crippen molar-refractivity contribution in [3.05, 3.63) is 70.8 Å². The van der Waals surface area contributed by atoms with E-state index in [2.05, 4.69) is 43.4 Å². The molecule has 0 heterocycles. The van der Waals surface area contributed by atoms with Crippen LogP contribution in [0.2, 0.25) is 0 Å². The third-order valence-corrected chi connectivity index (χ3v) is 3.51. The number of benzene rings is 2. The molecule has 0 amide bonds. The van der Waals surface area contributed by atoms with Crippen molar-refractivity contribution < 1.29 is 8.78 Å². The molecule has 0 bridgehead atoms. The predicted molar refractivity (Wildman–Crippen MR) is 82.5 cm³/mol. The Bertz CT molecular complexity index is 562. The smallest absolute Gasteiger partial charge is 0.263 e. The quantitative estimate of drug-likeness (QED) is 0.785. The molecule has 1 N–H and O–H groups in total. The minimum absolute atomic E-state index is 0.0792. The number of nitrogens with one attached hydrogen (secondary N) is 1. The summed E-state index contributed by atoms with van der Waals surface area (Å²) < 4.78 is 25.2. The molecule has 0 aliphatic carbocycles. The van der Waals surface area contributed by atoms with Crippen LogP contribution in [-0.4, -0.2) is 0 Å². The Kier molecular flexibility index (Phi) is 5.45. The summed E-state index contributed by atoms with van der Waals surface area (Å²) in [4.78, 5) is 0. The first-order valence-corrected chi connectivity index (χ1v) is 7.23. The first kappa shape index (κ1) is 15.6. The molecule has 2 aromatic rings. The van der Waals surface area contributed by atoms with Gasteiger partial charge in [-0.25, -0.2) is 8.78 Å². The van der Waals surface area contributed by atoms with E-state index in [1.165, 1.54) is 17.2 Å². The lowest BCUT2D eigenvalue weighted by Gasteiger charge is -2.09. The molecular formula is C18H21F2N. The second kappa shape index (κ2) is 7.32. The van der Waals surface area contributed by atoms with Crippen molar-refractivity contribution in [3.8, 4) is 0 Å². The van der Waals surface area contributed by atoms with E-state index in [4.69, 9.17) is 0 Å². The Morgan fingerprint density at radius 1 is 0.857 bits per heavy atom. The van der Waals surface area contributed by atoms with Gasteiger partial charge in [0.2, 0.25) is 0 Å². The molecule has 0 aliphatic heterocycles. The minimum Gasteiger partial charge on any atom is -0.309 e. The van der Waals surface area contributed by atoms with Crippen molar-refractivity contribution in [2.75, 3.05) is 0 Å². The van der Waals surface area contributed by atoms with Crippen LogP contribution in [0.4, 0.5) is 8.78 Å². The molecule has 0 saturated heterocycles. The summed E-state index contributed by atoms with van der Waals surface area (Å²) in [5.74, 6) is 0.532. The molecule has 0 atom stereocenters. The van der Waals surface area contributed by atoms with Crippen molar-refractivity contribution in [1.29, 1.82) is 0 Å². The predicted octanol–water partition coefficient (Wildman–Crippen LogP) is 5.04. The standard InChI is InChI=1S/C18H21F2N/c1-13(2)16-8-6-14(7-9-16)11-21-12-15-4-3-5-17(10-15)18(19)20/h3-10,13,18,21H,11-12H2,1-2H3. The largest absolute Gasteiger partial charge is 0.309 e. The SMILES string of the molecule is CC(C)c1ccc(CNCc2cccc(C(F)F)c2)cc1. The highest BCUT2D eigenvalue weighted by Gasteiger charge is 2.06. The molecule has 2 rings (SSSR count). The first-order chi connectivity index (χ1) is 10.1. The second-order valence-corrected chi connectivity index (χ2v) is 5.55. The maximum atomic E-state index is 12.6. The third kappa shape index (κ3) is 4.64. The normalized spacial score (nSPS) is 11.3. The summed E-state index contributed by atoms with van der Waals surface area (Å²) >= 11 is 0. The summed E-state index contributed by atoms with van der Waals surface area (Å²) in [6.45, 7) is 5.66. The van der Waals surface area contributed by atoms with E-state index in [0.717, 1.165) is 12.1 Å². The number of hydrogen-bond acceptors (Lipinski definition) is 1. The first-order valence-electron chi connectivity index (χ1n) is 7.23. The Hall–Kier alpha value is -1.74. The maximum absolute atomic E-state index is 12.6. The Morgan fingerprint density at radius 3 is 2.14 bits per heavy atom. The summed E-state index contributed by atoms with van der Waals surface area (Å²) in [7, 11) is 0. The maximum Gasteiger partial charge on any atom is 0.263 e. The van der Waals surface area contributed by atoms with Crippen molar-refractivity contribution in [2.45, 2.75) is 39.3 Å². The molecule has 1 nitrogen and oxygen atoms in total. The van der Waals surface area contributed by atoms with E-state index in [9.17, 15) is 8.78 Å². The van der Waals surface area contributed by atoms with Gasteiger partial charge in [0.05, 0.1) is 0 Å². The topological polar surface area (TPSA) is 12.0 Å². The third-order valence-electron chi connectivity index (χ3n) is 3.51. The molecule has 0 spiro atoms. The van der Waals surface area contributed by atoms with Crippen LogP contribution in [0.5, 0.6) is 0 Å². The van der Waals surface area contributed by atoms with E-state index >= 15 is 0 Å². The van der Waals surface area contributed by atoms with Crippen LogP contribution < -0.4 is 5.32 Å². The van der Waals surface area contributed by atoms with Gasteiger partial charge in [-0.1, -0.05) is 56.3 Å². The van der Waals surface area contributed by atoms with Crippen LogP contribution in [-0.2, 0) is 13.1 Å². The van der Waals surface area contributed by atoms with Crippen molar-refractivity contribution in [2.24, 2.45) is 0 Å². The monoisotopic (exact) mass is 289 g/mol. The zero-order valence-corrected chi connectivity index (χ0v) is 12.4. The van der Waals surface area contributed by atoms with Gasteiger partial charge in [0.1, 0.15) is 0 Å². The van der Waals surface area contributed by atoms with Crippen LogP contribution in [0, 0.1) is 0 Å². The minimum atomic E-state index is -2.41. The fourth-order valence-corrected chi connectivity index (χ4v) is 2.21. The van der Waals surface area contributed by atoms with Gasteiger partial charge in [0.15, 0.2) is 0 Å². The molecule has 112 valence electrons. The molecule has 0 fully saturated rings. The number of rotatable bonds is 6. The van der Waals surface area contributed by atoms with Crippen molar-refractivity contribution >= 4 is 0 Å². The number of hydrogen-bond donors (Lipinski definition) is 1. The highest BCUT2D eigenvalue weighted by molar-refractivity contribution is 5.26. The fourth-order valence-electron chi connectivity index (χ4n) is 2.21. The highest BCUT2D eigenvalue weighted by Crippen LogP contribution is 2.19. The molecule has 0 aliphatic rings. The van der Waals surface area contributed by atoms with Crippen LogP contribution in [0.1, 0.15) is 48.4 Å². The molecule has 0 aromatic heterocycles. The van der Waals surface area contributed by atoms with E-state index in [1.807, 2.05) is 6.07 Å². The fraction of sp³-hybridized carbons (Fsp3) is 0.333. The van der Waals surface area contributed by atoms with Gasteiger partial charge in [-0.05, 0) is 28.7 Å². The van der Waals surface area contributed by atoms with E-state index in [0.29, 0.717) is 12.5 Å². The lowest BCUT2D eigenvalue weighted by atomic mass is 10.0. The Labute approximate surface area is 125 Å².